The van der Waals surface area contributed by atoms with E-state index in [1.54, 1.807) is 0 Å². The van der Waals surface area contributed by atoms with Gasteiger partial charge in [-0.25, -0.2) is 22.0 Å². The molecule has 0 unspecified atom stereocenters. The van der Waals surface area contributed by atoms with Crippen LogP contribution in [0.4, 0.5) is 22.0 Å². The zero-order valence-corrected chi connectivity index (χ0v) is 9.61. The molecular formula is C13H7F5O. The summed E-state index contributed by atoms with van der Waals surface area (Å²) < 4.78 is 70.7. The van der Waals surface area contributed by atoms with Gasteiger partial charge < -0.3 is 4.74 Å². The first kappa shape index (κ1) is 13.3. The van der Waals surface area contributed by atoms with Crippen LogP contribution in [-0.2, 0) is 0 Å². The summed E-state index contributed by atoms with van der Waals surface area (Å²) in [5, 5.41) is 0. The predicted molar refractivity (Wildman–Crippen MR) is 58.2 cm³/mol. The van der Waals surface area contributed by atoms with Crippen LogP contribution in [0.3, 0.4) is 0 Å². The van der Waals surface area contributed by atoms with Crippen molar-refractivity contribution in [2.24, 2.45) is 0 Å². The van der Waals surface area contributed by atoms with Gasteiger partial charge in [0.15, 0.2) is 23.3 Å². The molecule has 1 nitrogen and oxygen atoms in total. The highest BCUT2D eigenvalue weighted by atomic mass is 19.2. The summed E-state index contributed by atoms with van der Waals surface area (Å²) in [6.45, 7) is 0. The van der Waals surface area contributed by atoms with Crippen LogP contribution in [0.5, 0.6) is 5.75 Å². The van der Waals surface area contributed by atoms with Gasteiger partial charge in [0.1, 0.15) is 11.6 Å². The number of hydrogen-bond acceptors (Lipinski definition) is 1. The first-order valence-corrected chi connectivity index (χ1v) is 5.12. The van der Waals surface area contributed by atoms with Crippen molar-refractivity contribution >= 4 is 0 Å². The van der Waals surface area contributed by atoms with Crippen LogP contribution in [0.15, 0.2) is 24.3 Å². The second-order valence-electron chi connectivity index (χ2n) is 3.69. The molecule has 0 aliphatic rings. The topological polar surface area (TPSA) is 9.23 Å². The number of hydrogen-bond donors (Lipinski definition) is 0. The van der Waals surface area contributed by atoms with Gasteiger partial charge >= 0.3 is 0 Å². The third kappa shape index (κ3) is 2.25. The van der Waals surface area contributed by atoms with Crippen molar-refractivity contribution in [3.63, 3.8) is 0 Å². The molecule has 0 fully saturated rings. The smallest absolute Gasteiger partial charge is 0.198 e. The van der Waals surface area contributed by atoms with Crippen LogP contribution in [-0.4, -0.2) is 7.11 Å². The van der Waals surface area contributed by atoms with E-state index in [1.165, 1.54) is 13.2 Å². The molecule has 0 saturated heterocycles. The normalized spacial score (nSPS) is 10.6. The molecule has 0 aliphatic carbocycles. The number of ether oxygens (including phenoxy) is 1. The van der Waals surface area contributed by atoms with Gasteiger partial charge in [-0.1, -0.05) is 0 Å². The van der Waals surface area contributed by atoms with Gasteiger partial charge in [-0.15, -0.1) is 0 Å². The van der Waals surface area contributed by atoms with E-state index >= 15 is 0 Å². The fourth-order valence-electron chi connectivity index (χ4n) is 1.66. The van der Waals surface area contributed by atoms with E-state index in [2.05, 4.69) is 0 Å². The van der Waals surface area contributed by atoms with Crippen LogP contribution >= 0.6 is 0 Å². The zero-order chi connectivity index (χ0) is 14.2. The molecule has 2 rings (SSSR count). The number of methoxy groups -OCH3 is 1. The van der Waals surface area contributed by atoms with E-state index in [0.717, 1.165) is 12.1 Å². The van der Waals surface area contributed by atoms with E-state index in [1.807, 2.05) is 0 Å². The van der Waals surface area contributed by atoms with Crippen LogP contribution in [0.2, 0.25) is 0 Å². The van der Waals surface area contributed by atoms with E-state index < -0.39 is 34.6 Å². The molecule has 2 aromatic rings. The molecule has 100 valence electrons. The fraction of sp³-hybridized carbons (Fsp3) is 0.0769. The Kier molecular flexibility index (Phi) is 3.42. The Morgan fingerprint density at radius 2 is 1.47 bits per heavy atom. The average molecular weight is 274 g/mol. The molecule has 0 spiro atoms. The van der Waals surface area contributed by atoms with Gasteiger partial charge in [0.05, 0.1) is 7.11 Å². The molecule has 0 radical (unpaired) electrons. The fourth-order valence-corrected chi connectivity index (χ4v) is 1.66. The number of rotatable bonds is 2. The lowest BCUT2D eigenvalue weighted by Gasteiger charge is -2.10. The van der Waals surface area contributed by atoms with Crippen LogP contribution in [0.25, 0.3) is 11.1 Å². The van der Waals surface area contributed by atoms with Crippen molar-refractivity contribution in [2.45, 2.75) is 0 Å². The second-order valence-corrected chi connectivity index (χ2v) is 3.69. The zero-order valence-electron chi connectivity index (χ0n) is 9.61. The Balaban J connectivity index is 2.75. The highest BCUT2D eigenvalue weighted by molar-refractivity contribution is 5.71. The quantitative estimate of drug-likeness (QED) is 0.456. The van der Waals surface area contributed by atoms with Gasteiger partial charge in [-0.3, -0.25) is 0 Å². The van der Waals surface area contributed by atoms with Crippen LogP contribution in [0.1, 0.15) is 0 Å². The minimum absolute atomic E-state index is 0.00529. The van der Waals surface area contributed by atoms with Crippen molar-refractivity contribution < 1.29 is 26.7 Å². The number of benzene rings is 2. The SMILES string of the molecule is COc1ccc(F)cc1-c1cc(F)c(F)c(F)c1F. The molecule has 0 atom stereocenters. The van der Waals surface area contributed by atoms with Gasteiger partial charge in [-0.05, 0) is 24.3 Å². The Labute approximate surface area is 105 Å². The second kappa shape index (κ2) is 4.87. The summed E-state index contributed by atoms with van der Waals surface area (Å²) in [6, 6.07) is 3.50. The lowest BCUT2D eigenvalue weighted by atomic mass is 10.0. The van der Waals surface area contributed by atoms with Gasteiger partial charge in [0.2, 0.25) is 0 Å². The summed E-state index contributed by atoms with van der Waals surface area (Å²) in [6.07, 6.45) is 0. The van der Waals surface area contributed by atoms with Gasteiger partial charge in [0, 0.05) is 11.1 Å². The molecule has 0 saturated carbocycles. The molecule has 0 amide bonds. The molecule has 0 aromatic heterocycles. The standard InChI is InChI=1S/C13H7F5O/c1-19-10-3-2-6(14)4-7(10)8-5-9(15)12(17)13(18)11(8)16/h2-5H,1H3. The maximum absolute atomic E-state index is 13.6. The summed E-state index contributed by atoms with van der Waals surface area (Å²) in [5.41, 5.74) is -0.828. The van der Waals surface area contributed by atoms with Crippen LogP contribution in [0, 0.1) is 29.1 Å². The van der Waals surface area contributed by atoms with E-state index in [0.29, 0.717) is 6.07 Å². The lowest BCUT2D eigenvalue weighted by molar-refractivity contribution is 0.406. The summed E-state index contributed by atoms with van der Waals surface area (Å²) in [7, 11) is 1.23. The van der Waals surface area contributed by atoms with E-state index in [4.69, 9.17) is 4.74 Å². The third-order valence-electron chi connectivity index (χ3n) is 2.55. The third-order valence-corrected chi connectivity index (χ3v) is 2.55. The first-order valence-electron chi connectivity index (χ1n) is 5.12. The highest BCUT2D eigenvalue weighted by Crippen LogP contribution is 2.34. The maximum atomic E-state index is 13.6. The summed E-state index contributed by atoms with van der Waals surface area (Å²) >= 11 is 0. The van der Waals surface area contributed by atoms with Crippen molar-refractivity contribution in [1.82, 2.24) is 0 Å². The maximum Gasteiger partial charge on any atom is 0.198 e. The molecule has 0 aliphatic heterocycles. The van der Waals surface area contributed by atoms with Crippen molar-refractivity contribution in [3.05, 3.63) is 53.4 Å². The van der Waals surface area contributed by atoms with E-state index in [9.17, 15) is 22.0 Å². The van der Waals surface area contributed by atoms with Crippen molar-refractivity contribution in [1.29, 1.82) is 0 Å². The molecule has 6 heteroatoms. The summed E-state index contributed by atoms with van der Waals surface area (Å²) in [4.78, 5) is 0. The average Bonchev–Trinajstić information content (AvgIpc) is 2.40. The Bertz CT molecular complexity index is 639. The Morgan fingerprint density at radius 3 is 2.11 bits per heavy atom. The molecule has 0 N–H and O–H groups in total. The molecular weight excluding hydrogens is 267 g/mol. The van der Waals surface area contributed by atoms with Crippen LogP contribution < -0.4 is 4.74 Å². The molecule has 19 heavy (non-hydrogen) atoms. The summed E-state index contributed by atoms with van der Waals surface area (Å²) in [5.74, 6) is -7.80. The van der Waals surface area contributed by atoms with Gasteiger partial charge in [-0.2, -0.15) is 0 Å². The molecule has 0 bridgehead atoms. The lowest BCUT2D eigenvalue weighted by Crippen LogP contribution is -2.00. The Morgan fingerprint density at radius 1 is 0.789 bits per heavy atom. The number of halogens is 5. The predicted octanol–water partition coefficient (Wildman–Crippen LogP) is 4.06. The minimum Gasteiger partial charge on any atom is -0.496 e. The largest absolute Gasteiger partial charge is 0.496 e. The van der Waals surface area contributed by atoms with Crippen molar-refractivity contribution in [2.75, 3.05) is 7.11 Å². The molecule has 0 heterocycles. The highest BCUT2D eigenvalue weighted by Gasteiger charge is 2.21. The molecule has 2 aromatic carbocycles. The van der Waals surface area contributed by atoms with Crippen molar-refractivity contribution in [3.8, 4) is 16.9 Å². The first-order chi connectivity index (χ1) is 8.95. The van der Waals surface area contributed by atoms with Gasteiger partial charge in [0.25, 0.3) is 0 Å². The monoisotopic (exact) mass is 274 g/mol. The van der Waals surface area contributed by atoms with E-state index in [-0.39, 0.29) is 11.3 Å². The minimum atomic E-state index is -1.96. The Hall–Kier alpha value is -2.11.